The minimum Gasteiger partial charge on any atom is -0.497 e. The minimum atomic E-state index is -0.818. The van der Waals surface area contributed by atoms with Crippen LogP contribution in [0.15, 0.2) is 78.9 Å². The summed E-state index contributed by atoms with van der Waals surface area (Å²) >= 11 is 0. The molecule has 0 saturated heterocycles. The van der Waals surface area contributed by atoms with Gasteiger partial charge in [-0.3, -0.25) is 0 Å². The fourth-order valence-electron chi connectivity index (χ4n) is 3.66. The van der Waals surface area contributed by atoms with E-state index < -0.39 is 11.5 Å². The Morgan fingerprint density at radius 2 is 1.15 bits per heavy atom. The molecule has 0 aromatic heterocycles. The molecule has 4 heteroatoms. The number of methoxy groups -OCH3 is 2. The van der Waals surface area contributed by atoms with Crippen molar-refractivity contribution in [3.05, 3.63) is 95.6 Å². The summed E-state index contributed by atoms with van der Waals surface area (Å²) in [5, 5.41) is 11.2. The Kier molecular flexibility index (Phi) is 5.79. The fourth-order valence-corrected chi connectivity index (χ4v) is 3.66. The molecule has 3 aromatic rings. The molecule has 0 aliphatic carbocycles. The maximum absolute atomic E-state index is 11.2. The molecule has 0 spiro atoms. The lowest BCUT2D eigenvalue weighted by Gasteiger charge is -2.39. The minimum absolute atomic E-state index is 0.118. The Morgan fingerprint density at radius 1 is 0.741 bits per heavy atom. The van der Waals surface area contributed by atoms with E-state index in [2.05, 4.69) is 0 Å². The second-order valence-corrected chi connectivity index (χ2v) is 6.38. The molecule has 1 unspecified atom stereocenters. The second-order valence-electron chi connectivity index (χ2n) is 6.38. The molecule has 4 nitrogen and oxygen atoms in total. The lowest BCUT2D eigenvalue weighted by atomic mass is 9.65. The van der Waals surface area contributed by atoms with Crippen molar-refractivity contribution in [1.29, 1.82) is 0 Å². The van der Waals surface area contributed by atoms with Crippen LogP contribution in [0.5, 0.6) is 11.5 Å². The maximum Gasteiger partial charge on any atom is 0.118 e. The first kappa shape index (κ1) is 19.0. The zero-order valence-corrected chi connectivity index (χ0v) is 15.6. The predicted molar refractivity (Wildman–Crippen MR) is 107 cm³/mol. The first-order valence-corrected chi connectivity index (χ1v) is 8.89. The van der Waals surface area contributed by atoms with Crippen LogP contribution in [0.3, 0.4) is 0 Å². The number of benzene rings is 3. The van der Waals surface area contributed by atoms with Gasteiger partial charge in [0.1, 0.15) is 11.5 Å². The number of hydrogen-bond acceptors (Lipinski definition) is 4. The smallest absolute Gasteiger partial charge is 0.118 e. The van der Waals surface area contributed by atoms with Crippen molar-refractivity contribution in [1.82, 2.24) is 0 Å². The van der Waals surface area contributed by atoms with E-state index in [1.807, 2.05) is 78.9 Å². The molecule has 27 heavy (non-hydrogen) atoms. The third-order valence-corrected chi connectivity index (χ3v) is 5.04. The van der Waals surface area contributed by atoms with Crippen molar-refractivity contribution < 1.29 is 14.6 Å². The number of nitrogens with two attached hydrogens (primary N) is 1. The van der Waals surface area contributed by atoms with Gasteiger partial charge >= 0.3 is 0 Å². The largest absolute Gasteiger partial charge is 0.497 e. The molecule has 0 amide bonds. The van der Waals surface area contributed by atoms with E-state index >= 15 is 0 Å². The van der Waals surface area contributed by atoms with Crippen LogP contribution in [0.2, 0.25) is 0 Å². The Labute approximate surface area is 160 Å². The quantitative estimate of drug-likeness (QED) is 0.632. The van der Waals surface area contributed by atoms with Gasteiger partial charge in [-0.2, -0.15) is 0 Å². The Hall–Kier alpha value is -2.82. The summed E-state index contributed by atoms with van der Waals surface area (Å²) in [5.74, 6) is 1.52. The van der Waals surface area contributed by atoms with Gasteiger partial charge in [-0.05, 0) is 41.0 Å². The molecular weight excluding hydrogens is 338 g/mol. The number of rotatable bonds is 7. The molecule has 0 heterocycles. The van der Waals surface area contributed by atoms with Gasteiger partial charge in [0, 0.05) is 6.54 Å². The molecule has 0 aliphatic rings. The Morgan fingerprint density at radius 3 is 1.52 bits per heavy atom. The van der Waals surface area contributed by atoms with Crippen LogP contribution in [0.1, 0.15) is 16.7 Å². The highest BCUT2D eigenvalue weighted by Crippen LogP contribution is 2.43. The van der Waals surface area contributed by atoms with E-state index in [1.165, 1.54) is 0 Å². The molecule has 0 fully saturated rings. The average molecular weight is 363 g/mol. The fraction of sp³-hybridized carbons (Fsp3) is 0.217. The van der Waals surface area contributed by atoms with Crippen molar-refractivity contribution in [2.24, 2.45) is 5.73 Å². The Balaban J connectivity index is 2.30. The van der Waals surface area contributed by atoms with Gasteiger partial charge in [-0.25, -0.2) is 0 Å². The normalized spacial score (nSPS) is 12.4. The van der Waals surface area contributed by atoms with Crippen LogP contribution < -0.4 is 15.2 Å². The highest BCUT2D eigenvalue weighted by atomic mass is 16.5. The van der Waals surface area contributed by atoms with Crippen molar-refractivity contribution >= 4 is 0 Å². The highest BCUT2D eigenvalue weighted by Gasteiger charge is 2.42. The highest BCUT2D eigenvalue weighted by molar-refractivity contribution is 5.53. The molecule has 3 N–H and O–H groups in total. The second kappa shape index (κ2) is 8.25. The topological polar surface area (TPSA) is 64.7 Å². The van der Waals surface area contributed by atoms with Crippen molar-refractivity contribution in [2.75, 3.05) is 20.8 Å². The van der Waals surface area contributed by atoms with Crippen molar-refractivity contribution in [3.8, 4) is 11.5 Å². The van der Waals surface area contributed by atoms with E-state index in [4.69, 9.17) is 15.2 Å². The molecule has 3 rings (SSSR count). The zero-order chi connectivity index (χ0) is 19.3. The maximum atomic E-state index is 11.2. The van der Waals surface area contributed by atoms with Gasteiger partial charge in [-0.1, -0.05) is 54.6 Å². The van der Waals surface area contributed by atoms with E-state index in [0.717, 1.165) is 28.2 Å². The summed E-state index contributed by atoms with van der Waals surface area (Å²) in [4.78, 5) is 0. The lowest BCUT2D eigenvalue weighted by molar-refractivity contribution is 0.129. The zero-order valence-electron chi connectivity index (χ0n) is 15.6. The standard InChI is InChI=1S/C23H25NO3/c1-26-20-12-8-18(9-13-20)23(22(25)16-24,17-6-4-3-5-7-17)19-10-14-21(27-2)15-11-19/h3-15,22,25H,16,24H2,1-2H3. The van der Waals surface area contributed by atoms with Crippen LogP contribution in [0.4, 0.5) is 0 Å². The van der Waals surface area contributed by atoms with Gasteiger partial charge in [0.05, 0.1) is 25.7 Å². The van der Waals surface area contributed by atoms with Crippen molar-refractivity contribution in [2.45, 2.75) is 11.5 Å². The summed E-state index contributed by atoms with van der Waals surface area (Å²) in [7, 11) is 3.27. The number of hydrogen-bond donors (Lipinski definition) is 2. The van der Waals surface area contributed by atoms with E-state index in [9.17, 15) is 5.11 Å². The van der Waals surface area contributed by atoms with E-state index in [1.54, 1.807) is 14.2 Å². The van der Waals surface area contributed by atoms with Crippen LogP contribution in [-0.4, -0.2) is 32.0 Å². The van der Waals surface area contributed by atoms with E-state index in [-0.39, 0.29) is 6.54 Å². The molecule has 0 aliphatic heterocycles. The SMILES string of the molecule is COc1ccc(C(c2ccccc2)(c2ccc(OC)cc2)C(O)CN)cc1. The molecular formula is C23H25NO3. The lowest BCUT2D eigenvalue weighted by Crippen LogP contribution is -2.46. The first-order valence-electron chi connectivity index (χ1n) is 8.89. The van der Waals surface area contributed by atoms with Crippen LogP contribution in [0.25, 0.3) is 0 Å². The third-order valence-electron chi connectivity index (χ3n) is 5.04. The Bertz CT molecular complexity index is 798. The number of aliphatic hydroxyl groups excluding tert-OH is 1. The summed E-state index contributed by atoms with van der Waals surface area (Å²) in [6, 6.07) is 25.5. The molecule has 1 atom stereocenters. The van der Waals surface area contributed by atoms with Gasteiger partial charge < -0.3 is 20.3 Å². The molecule has 0 radical (unpaired) electrons. The van der Waals surface area contributed by atoms with Gasteiger partial charge in [-0.15, -0.1) is 0 Å². The summed E-state index contributed by atoms with van der Waals surface area (Å²) in [6.45, 7) is 0.118. The summed E-state index contributed by atoms with van der Waals surface area (Å²) < 4.78 is 10.6. The molecule has 140 valence electrons. The predicted octanol–water partition coefficient (Wildman–Crippen LogP) is 3.36. The number of aliphatic hydroxyl groups is 1. The third kappa shape index (κ3) is 3.42. The van der Waals surface area contributed by atoms with Crippen LogP contribution in [0, 0.1) is 0 Å². The van der Waals surface area contributed by atoms with E-state index in [0.29, 0.717) is 0 Å². The van der Waals surface area contributed by atoms with Gasteiger partial charge in [0.2, 0.25) is 0 Å². The molecule has 0 bridgehead atoms. The number of ether oxygens (including phenoxy) is 2. The first-order chi connectivity index (χ1) is 13.2. The summed E-state index contributed by atoms with van der Waals surface area (Å²) in [6.07, 6.45) is -0.818. The average Bonchev–Trinajstić information content (AvgIpc) is 2.75. The monoisotopic (exact) mass is 363 g/mol. The molecule has 0 saturated carbocycles. The van der Waals surface area contributed by atoms with Gasteiger partial charge in [0.25, 0.3) is 0 Å². The van der Waals surface area contributed by atoms with Gasteiger partial charge in [0.15, 0.2) is 0 Å². The summed E-state index contributed by atoms with van der Waals surface area (Å²) in [5.41, 5.74) is 8.03. The van der Waals surface area contributed by atoms with Crippen LogP contribution in [-0.2, 0) is 5.41 Å². The van der Waals surface area contributed by atoms with Crippen molar-refractivity contribution in [3.63, 3.8) is 0 Å². The molecule has 3 aromatic carbocycles. The van der Waals surface area contributed by atoms with Crippen LogP contribution >= 0.6 is 0 Å².